The van der Waals surface area contributed by atoms with E-state index >= 15 is 0 Å². The maximum Gasteiger partial charge on any atom is 0.0794 e. The SMILES string of the molecule is C#CCC(NN)c1cncs1. The Morgan fingerprint density at radius 1 is 1.91 bits per heavy atom. The molecule has 0 saturated carbocycles. The Morgan fingerprint density at radius 2 is 2.73 bits per heavy atom. The van der Waals surface area contributed by atoms with Gasteiger partial charge >= 0.3 is 0 Å². The molecular weight excluding hydrogens is 158 g/mol. The van der Waals surface area contributed by atoms with E-state index in [1.165, 1.54) is 0 Å². The van der Waals surface area contributed by atoms with Crippen molar-refractivity contribution in [2.75, 3.05) is 0 Å². The maximum absolute atomic E-state index is 5.28. The number of rotatable bonds is 3. The van der Waals surface area contributed by atoms with E-state index in [0.717, 1.165) is 4.88 Å². The summed E-state index contributed by atoms with van der Waals surface area (Å²) in [7, 11) is 0. The van der Waals surface area contributed by atoms with Gasteiger partial charge in [0.25, 0.3) is 0 Å². The largest absolute Gasteiger partial charge is 0.271 e. The molecule has 11 heavy (non-hydrogen) atoms. The van der Waals surface area contributed by atoms with Gasteiger partial charge in [-0.3, -0.25) is 16.3 Å². The van der Waals surface area contributed by atoms with Crippen LogP contribution in [0.15, 0.2) is 11.7 Å². The molecule has 1 heterocycles. The summed E-state index contributed by atoms with van der Waals surface area (Å²) < 4.78 is 0. The molecule has 0 amide bonds. The van der Waals surface area contributed by atoms with E-state index in [0.29, 0.717) is 6.42 Å². The Morgan fingerprint density at radius 3 is 3.18 bits per heavy atom. The van der Waals surface area contributed by atoms with Crippen LogP contribution in [0.1, 0.15) is 17.3 Å². The van der Waals surface area contributed by atoms with Crippen molar-refractivity contribution in [1.29, 1.82) is 0 Å². The first-order valence-electron chi connectivity index (χ1n) is 3.16. The molecule has 4 heteroatoms. The molecule has 1 aromatic rings. The molecule has 1 aromatic heterocycles. The molecule has 0 aromatic carbocycles. The lowest BCUT2D eigenvalue weighted by molar-refractivity contribution is 0.576. The summed E-state index contributed by atoms with van der Waals surface area (Å²) in [5.74, 6) is 7.83. The summed E-state index contributed by atoms with van der Waals surface area (Å²) in [5, 5.41) is 0. The molecule has 0 aliphatic heterocycles. The quantitative estimate of drug-likeness (QED) is 0.395. The van der Waals surface area contributed by atoms with Gasteiger partial charge in [0.1, 0.15) is 0 Å². The Kier molecular flexibility index (Phi) is 3.05. The van der Waals surface area contributed by atoms with E-state index in [-0.39, 0.29) is 6.04 Å². The van der Waals surface area contributed by atoms with Gasteiger partial charge in [0.05, 0.1) is 11.6 Å². The van der Waals surface area contributed by atoms with Crippen LogP contribution in [-0.4, -0.2) is 4.98 Å². The lowest BCUT2D eigenvalue weighted by Crippen LogP contribution is -2.26. The molecule has 0 saturated heterocycles. The van der Waals surface area contributed by atoms with Gasteiger partial charge in [0, 0.05) is 17.5 Å². The van der Waals surface area contributed by atoms with Crippen LogP contribution in [0.2, 0.25) is 0 Å². The topological polar surface area (TPSA) is 50.9 Å². The average Bonchev–Trinajstić information content (AvgIpc) is 2.52. The van der Waals surface area contributed by atoms with Crippen LogP contribution in [0.5, 0.6) is 0 Å². The van der Waals surface area contributed by atoms with Crippen LogP contribution < -0.4 is 11.3 Å². The number of thiazole rings is 1. The van der Waals surface area contributed by atoms with Crippen molar-refractivity contribution < 1.29 is 0 Å². The van der Waals surface area contributed by atoms with Gasteiger partial charge < -0.3 is 0 Å². The van der Waals surface area contributed by atoms with E-state index in [2.05, 4.69) is 16.3 Å². The zero-order chi connectivity index (χ0) is 8.10. The van der Waals surface area contributed by atoms with Crippen LogP contribution in [-0.2, 0) is 0 Å². The van der Waals surface area contributed by atoms with E-state index in [9.17, 15) is 0 Å². The van der Waals surface area contributed by atoms with Crippen LogP contribution in [0, 0.1) is 12.3 Å². The van der Waals surface area contributed by atoms with E-state index < -0.39 is 0 Å². The normalized spacial score (nSPS) is 12.4. The Labute approximate surface area is 69.6 Å². The molecule has 58 valence electrons. The van der Waals surface area contributed by atoms with Gasteiger partial charge in [-0.15, -0.1) is 23.7 Å². The van der Waals surface area contributed by atoms with Crippen molar-refractivity contribution in [3.63, 3.8) is 0 Å². The molecule has 1 rings (SSSR count). The molecule has 0 spiro atoms. The molecule has 3 N–H and O–H groups in total. The third kappa shape index (κ3) is 2.02. The molecule has 1 unspecified atom stereocenters. The minimum atomic E-state index is 0.0486. The third-order valence-corrected chi connectivity index (χ3v) is 2.21. The van der Waals surface area contributed by atoms with E-state index in [1.807, 2.05) is 0 Å². The Hall–Kier alpha value is -0.890. The minimum absolute atomic E-state index is 0.0486. The van der Waals surface area contributed by atoms with Crippen LogP contribution in [0.3, 0.4) is 0 Å². The highest BCUT2D eigenvalue weighted by Gasteiger charge is 2.08. The molecule has 1 atom stereocenters. The number of hydrazine groups is 1. The predicted molar refractivity (Wildman–Crippen MR) is 45.6 cm³/mol. The maximum atomic E-state index is 5.28. The summed E-state index contributed by atoms with van der Waals surface area (Å²) in [6, 6.07) is 0.0486. The van der Waals surface area contributed by atoms with Gasteiger partial charge in [0.2, 0.25) is 0 Å². The highest BCUT2D eigenvalue weighted by molar-refractivity contribution is 7.09. The van der Waals surface area contributed by atoms with Crippen molar-refractivity contribution >= 4 is 11.3 Å². The smallest absolute Gasteiger partial charge is 0.0794 e. The lowest BCUT2D eigenvalue weighted by atomic mass is 10.2. The molecule has 0 bridgehead atoms. The Bertz CT molecular complexity index is 237. The number of terminal acetylenes is 1. The second kappa shape index (κ2) is 4.09. The molecule has 0 aliphatic rings. The summed E-state index contributed by atoms with van der Waals surface area (Å²) in [5.41, 5.74) is 4.39. The summed E-state index contributed by atoms with van der Waals surface area (Å²) in [6.07, 6.45) is 7.52. The molecule has 0 fully saturated rings. The van der Waals surface area contributed by atoms with E-state index in [4.69, 9.17) is 12.3 Å². The fourth-order valence-electron chi connectivity index (χ4n) is 0.757. The first-order chi connectivity index (χ1) is 5.38. The standard InChI is InChI=1S/C7H9N3S/c1-2-3-6(10-8)7-4-9-5-11-7/h1,4-6,10H,3,8H2. The van der Waals surface area contributed by atoms with Gasteiger partial charge in [-0.25, -0.2) is 0 Å². The predicted octanol–water partition coefficient (Wildman–Crippen LogP) is 0.671. The highest BCUT2D eigenvalue weighted by Crippen LogP contribution is 2.18. The number of nitrogens with one attached hydrogen (secondary N) is 1. The molecule has 0 radical (unpaired) electrons. The highest BCUT2D eigenvalue weighted by atomic mass is 32.1. The number of hydrogen-bond acceptors (Lipinski definition) is 4. The van der Waals surface area contributed by atoms with E-state index in [1.54, 1.807) is 23.0 Å². The minimum Gasteiger partial charge on any atom is -0.271 e. The first-order valence-corrected chi connectivity index (χ1v) is 4.04. The monoisotopic (exact) mass is 167 g/mol. The zero-order valence-corrected chi connectivity index (χ0v) is 6.77. The van der Waals surface area contributed by atoms with Gasteiger partial charge in [-0.2, -0.15) is 0 Å². The number of nitrogens with two attached hydrogens (primary N) is 1. The zero-order valence-electron chi connectivity index (χ0n) is 5.95. The number of nitrogens with zero attached hydrogens (tertiary/aromatic N) is 1. The fourth-order valence-corrected chi connectivity index (χ4v) is 1.44. The van der Waals surface area contributed by atoms with Crippen LogP contribution in [0.4, 0.5) is 0 Å². The second-order valence-corrected chi connectivity index (χ2v) is 2.95. The Balaban J connectivity index is 2.65. The summed E-state index contributed by atoms with van der Waals surface area (Å²) in [4.78, 5) is 5.00. The van der Waals surface area contributed by atoms with Crippen molar-refractivity contribution in [2.45, 2.75) is 12.5 Å². The summed E-state index contributed by atoms with van der Waals surface area (Å²) >= 11 is 1.55. The third-order valence-electron chi connectivity index (χ3n) is 1.32. The van der Waals surface area contributed by atoms with Gasteiger partial charge in [0.15, 0.2) is 0 Å². The van der Waals surface area contributed by atoms with Crippen LogP contribution >= 0.6 is 11.3 Å². The molecular formula is C7H9N3S. The summed E-state index contributed by atoms with van der Waals surface area (Å²) in [6.45, 7) is 0. The first kappa shape index (κ1) is 8.21. The second-order valence-electron chi connectivity index (χ2n) is 2.03. The van der Waals surface area contributed by atoms with Crippen molar-refractivity contribution in [3.8, 4) is 12.3 Å². The average molecular weight is 167 g/mol. The van der Waals surface area contributed by atoms with Crippen molar-refractivity contribution in [3.05, 3.63) is 16.6 Å². The number of aromatic nitrogens is 1. The van der Waals surface area contributed by atoms with Gasteiger partial charge in [-0.1, -0.05) is 0 Å². The molecule has 3 nitrogen and oxygen atoms in total. The van der Waals surface area contributed by atoms with Gasteiger partial charge in [-0.05, 0) is 0 Å². The van der Waals surface area contributed by atoms with Crippen LogP contribution in [0.25, 0.3) is 0 Å². The fraction of sp³-hybridized carbons (Fsp3) is 0.286. The lowest BCUT2D eigenvalue weighted by Gasteiger charge is -2.08. The van der Waals surface area contributed by atoms with Crippen molar-refractivity contribution in [2.24, 2.45) is 5.84 Å². The molecule has 0 aliphatic carbocycles. The number of hydrogen-bond donors (Lipinski definition) is 2. The van der Waals surface area contributed by atoms with Crippen molar-refractivity contribution in [1.82, 2.24) is 10.4 Å².